The molecule has 0 saturated carbocycles. The number of unbranched alkanes of at least 4 members (excludes halogenated alkanes) is 7. The number of carbonyl (C=O) groups is 1. The van der Waals surface area contributed by atoms with Gasteiger partial charge in [-0.15, -0.1) is 12.1 Å². The second-order valence-electron chi connectivity index (χ2n) is 5.41. The van der Waals surface area contributed by atoms with E-state index in [9.17, 15) is 4.79 Å². The molecule has 0 aromatic heterocycles. The molecule has 0 aliphatic carbocycles. The normalized spacial score (nSPS) is 9.43. The molecule has 126 valence electrons. The van der Waals surface area contributed by atoms with Crippen molar-refractivity contribution in [2.24, 2.45) is 0 Å². The minimum Gasteiger partial charge on any atom is -0.480 e. The molecule has 0 heterocycles. The van der Waals surface area contributed by atoms with E-state index in [2.05, 4.69) is 13.8 Å². The molecule has 0 radical (unpaired) electrons. The van der Waals surface area contributed by atoms with Gasteiger partial charge in [-0.05, 0) is 6.42 Å². The number of carboxylic acids is 1. The van der Waals surface area contributed by atoms with Gasteiger partial charge in [-0.25, -0.2) is 4.79 Å². The van der Waals surface area contributed by atoms with Gasteiger partial charge in [0.1, 0.15) is 6.61 Å². The molecular formula is C19H31LiO3. The van der Waals surface area contributed by atoms with Crippen LogP contribution in [0.2, 0.25) is 0 Å². The third-order valence-electron chi connectivity index (χ3n) is 3.21. The largest absolute Gasteiger partial charge is 1.00 e. The molecule has 0 aliphatic rings. The van der Waals surface area contributed by atoms with Crippen LogP contribution >= 0.6 is 0 Å². The van der Waals surface area contributed by atoms with Crippen LogP contribution < -0.4 is 18.9 Å². The van der Waals surface area contributed by atoms with Crippen LogP contribution in [0.1, 0.15) is 63.9 Å². The average Bonchev–Trinajstić information content (AvgIpc) is 2.50. The summed E-state index contributed by atoms with van der Waals surface area (Å²) in [6, 6.07) is 9.87. The fourth-order valence-corrected chi connectivity index (χ4v) is 1.98. The zero-order valence-corrected chi connectivity index (χ0v) is 14.9. The minimum atomic E-state index is -0.880. The zero-order chi connectivity index (χ0) is 16.5. The van der Waals surface area contributed by atoms with E-state index in [1.54, 1.807) is 0 Å². The summed E-state index contributed by atoms with van der Waals surface area (Å²) in [6.45, 7) is 6.37. The van der Waals surface area contributed by atoms with Crippen molar-refractivity contribution < 1.29 is 33.5 Å². The Bertz CT molecular complexity index is 355. The van der Waals surface area contributed by atoms with Crippen molar-refractivity contribution >= 4 is 5.97 Å². The summed E-state index contributed by atoms with van der Waals surface area (Å²) in [5.74, 6) is -0.880. The molecule has 1 aromatic rings. The fraction of sp³-hybridized carbons (Fsp3) is 0.579. The number of hydrogen-bond donors (Lipinski definition) is 1. The Labute approximate surface area is 154 Å². The molecule has 4 heteroatoms. The van der Waals surface area contributed by atoms with Gasteiger partial charge in [0.15, 0.2) is 0 Å². The van der Waals surface area contributed by atoms with E-state index in [-0.39, 0.29) is 25.5 Å². The second-order valence-corrected chi connectivity index (χ2v) is 5.41. The Kier molecular flexibility index (Phi) is 20.3. The van der Waals surface area contributed by atoms with Crippen molar-refractivity contribution in [1.29, 1.82) is 0 Å². The Hall–Kier alpha value is -0.883. The molecule has 0 unspecified atom stereocenters. The first kappa shape index (κ1) is 24.4. The summed E-state index contributed by atoms with van der Waals surface area (Å²) >= 11 is 0. The third kappa shape index (κ3) is 21.1. The van der Waals surface area contributed by atoms with Crippen molar-refractivity contribution in [3.8, 4) is 0 Å². The summed E-state index contributed by atoms with van der Waals surface area (Å²) in [5, 5.41) is 8.31. The first-order valence-electron chi connectivity index (χ1n) is 8.33. The van der Waals surface area contributed by atoms with Gasteiger partial charge in [0, 0.05) is 6.61 Å². The Morgan fingerprint density at radius 2 is 1.52 bits per heavy atom. The number of carboxylic acid groups (broad SMARTS) is 1. The first-order chi connectivity index (χ1) is 10.7. The van der Waals surface area contributed by atoms with Crippen molar-refractivity contribution in [3.63, 3.8) is 0 Å². The Morgan fingerprint density at radius 3 is 1.96 bits per heavy atom. The fourth-order valence-electron chi connectivity index (χ4n) is 1.98. The quantitative estimate of drug-likeness (QED) is 0.386. The van der Waals surface area contributed by atoms with Crippen LogP contribution in [0, 0.1) is 6.92 Å². The van der Waals surface area contributed by atoms with Crippen LogP contribution in [0.25, 0.3) is 0 Å². The molecule has 1 rings (SSSR count). The predicted molar refractivity (Wildman–Crippen MR) is 92.0 cm³/mol. The van der Waals surface area contributed by atoms with E-state index >= 15 is 0 Å². The molecule has 0 spiro atoms. The second kappa shape index (κ2) is 19.2. The number of rotatable bonds is 11. The van der Waals surface area contributed by atoms with Crippen LogP contribution in [0.4, 0.5) is 0 Å². The smallest absolute Gasteiger partial charge is 0.480 e. The average molecular weight is 314 g/mol. The van der Waals surface area contributed by atoms with E-state index in [4.69, 9.17) is 9.84 Å². The maximum atomic E-state index is 10.1. The first-order valence-corrected chi connectivity index (χ1v) is 8.33. The minimum absolute atomic E-state index is 0. The summed E-state index contributed by atoms with van der Waals surface area (Å²) in [7, 11) is 0. The summed E-state index contributed by atoms with van der Waals surface area (Å²) in [4.78, 5) is 10.1. The van der Waals surface area contributed by atoms with Gasteiger partial charge in [-0.1, -0.05) is 57.9 Å². The van der Waals surface area contributed by atoms with Gasteiger partial charge in [-0.3, -0.25) is 0 Å². The molecule has 0 fully saturated rings. The maximum Gasteiger partial charge on any atom is 1.00 e. The van der Waals surface area contributed by atoms with Crippen molar-refractivity contribution in [2.75, 3.05) is 13.2 Å². The molecular weight excluding hydrogens is 283 g/mol. The Balaban J connectivity index is 0. The van der Waals surface area contributed by atoms with Gasteiger partial charge in [0.2, 0.25) is 0 Å². The predicted octanol–water partition coefficient (Wildman–Crippen LogP) is 2.10. The maximum absolute atomic E-state index is 10.1. The Morgan fingerprint density at radius 1 is 1.00 bits per heavy atom. The van der Waals surface area contributed by atoms with Crippen LogP contribution in [0.3, 0.4) is 0 Å². The summed E-state index contributed by atoms with van der Waals surface area (Å²) in [6.07, 6.45) is 10.0. The molecule has 3 nitrogen and oxygen atoms in total. The van der Waals surface area contributed by atoms with Crippen molar-refractivity contribution in [2.45, 2.75) is 58.3 Å². The summed E-state index contributed by atoms with van der Waals surface area (Å²) in [5.41, 5.74) is 1.07. The molecule has 0 atom stereocenters. The van der Waals surface area contributed by atoms with E-state index in [1.165, 1.54) is 38.5 Å². The van der Waals surface area contributed by atoms with E-state index in [1.807, 2.05) is 30.3 Å². The number of hydrogen-bond acceptors (Lipinski definition) is 2. The van der Waals surface area contributed by atoms with Crippen LogP contribution in [0.5, 0.6) is 0 Å². The van der Waals surface area contributed by atoms with Gasteiger partial charge in [0.25, 0.3) is 0 Å². The van der Waals surface area contributed by atoms with E-state index < -0.39 is 5.97 Å². The zero-order valence-electron chi connectivity index (χ0n) is 14.9. The van der Waals surface area contributed by atoms with Crippen LogP contribution in [-0.4, -0.2) is 24.3 Å². The van der Waals surface area contributed by atoms with E-state index in [0.717, 1.165) is 18.4 Å². The van der Waals surface area contributed by atoms with Gasteiger partial charge in [-0.2, -0.15) is 24.6 Å². The molecule has 0 saturated heterocycles. The van der Waals surface area contributed by atoms with Crippen LogP contribution in [0.15, 0.2) is 30.3 Å². The van der Waals surface area contributed by atoms with Crippen LogP contribution in [-0.2, 0) is 9.53 Å². The molecule has 0 aliphatic heterocycles. The van der Waals surface area contributed by atoms with Gasteiger partial charge >= 0.3 is 24.8 Å². The SMILES string of the molecule is CCCCCCCCCCOCC(=O)O.[CH2-]c1ccccc1.[Li+]. The van der Waals surface area contributed by atoms with Gasteiger partial charge < -0.3 is 9.84 Å². The van der Waals surface area contributed by atoms with E-state index in [0.29, 0.717) is 6.61 Å². The van der Waals surface area contributed by atoms with Crippen molar-refractivity contribution in [1.82, 2.24) is 0 Å². The molecule has 1 aromatic carbocycles. The number of aliphatic carboxylic acids is 1. The standard InChI is InChI=1S/C12H24O3.C7H7.Li/c1-2-3-4-5-6-7-8-9-10-15-11-12(13)14;1-7-5-3-2-4-6-7;/h2-11H2,1H3,(H,13,14);2-6H,1H2;/q;-1;+1. The number of benzene rings is 1. The monoisotopic (exact) mass is 314 g/mol. The van der Waals surface area contributed by atoms with Crippen molar-refractivity contribution in [3.05, 3.63) is 42.8 Å². The topological polar surface area (TPSA) is 46.5 Å². The number of ether oxygens (including phenoxy) is 1. The molecule has 23 heavy (non-hydrogen) atoms. The summed E-state index contributed by atoms with van der Waals surface area (Å²) < 4.78 is 4.94. The molecule has 0 amide bonds. The van der Waals surface area contributed by atoms with Gasteiger partial charge in [0.05, 0.1) is 0 Å². The molecule has 0 bridgehead atoms. The molecule has 1 N–H and O–H groups in total. The third-order valence-corrected chi connectivity index (χ3v) is 3.21.